The van der Waals surface area contributed by atoms with Crippen LogP contribution in [0.2, 0.25) is 0 Å². The van der Waals surface area contributed by atoms with Gasteiger partial charge < -0.3 is 9.63 Å². The summed E-state index contributed by atoms with van der Waals surface area (Å²) in [6.07, 6.45) is 4.16. The lowest BCUT2D eigenvalue weighted by Gasteiger charge is -2.23. The normalized spacial score (nSPS) is 29.0. The molecule has 84 valence electrons. The maximum Gasteiger partial charge on any atom is 0.255 e. The second kappa shape index (κ2) is 4.31. The summed E-state index contributed by atoms with van der Waals surface area (Å²) in [4.78, 5) is 4.24. The number of hydrogen-bond donors (Lipinski definition) is 1. The molecule has 4 heteroatoms. The first-order chi connectivity index (χ1) is 7.16. The van der Waals surface area contributed by atoms with E-state index in [1.807, 2.05) is 0 Å². The van der Waals surface area contributed by atoms with Crippen LogP contribution >= 0.6 is 0 Å². The van der Waals surface area contributed by atoms with Crippen molar-refractivity contribution in [2.45, 2.75) is 51.6 Å². The summed E-state index contributed by atoms with van der Waals surface area (Å²) in [6.45, 7) is 3.91. The molecule has 4 nitrogen and oxygen atoms in total. The monoisotopic (exact) mass is 210 g/mol. The second-order valence-electron chi connectivity index (χ2n) is 4.64. The summed E-state index contributed by atoms with van der Waals surface area (Å²) in [7, 11) is 0. The molecule has 1 aliphatic rings. The van der Waals surface area contributed by atoms with E-state index in [0.717, 1.165) is 24.6 Å². The van der Waals surface area contributed by atoms with Crippen LogP contribution in [-0.4, -0.2) is 15.2 Å². The summed E-state index contributed by atoms with van der Waals surface area (Å²) < 4.78 is 5.00. The Morgan fingerprint density at radius 3 is 2.87 bits per heavy atom. The maximum atomic E-state index is 9.29. The molecule has 3 atom stereocenters. The van der Waals surface area contributed by atoms with Crippen molar-refractivity contribution in [1.29, 1.82) is 0 Å². The van der Waals surface area contributed by atoms with Crippen molar-refractivity contribution < 1.29 is 9.63 Å². The Balaban J connectivity index is 2.08. The Morgan fingerprint density at radius 2 is 2.27 bits per heavy atom. The molecule has 1 saturated carbocycles. The van der Waals surface area contributed by atoms with Crippen molar-refractivity contribution in [3.63, 3.8) is 0 Å². The number of aromatic nitrogens is 2. The van der Waals surface area contributed by atoms with Gasteiger partial charge in [-0.2, -0.15) is 4.98 Å². The molecule has 1 aliphatic carbocycles. The van der Waals surface area contributed by atoms with Crippen LogP contribution in [0.1, 0.15) is 63.3 Å². The van der Waals surface area contributed by atoms with Crippen molar-refractivity contribution in [2.24, 2.45) is 5.92 Å². The number of aliphatic hydroxyl groups is 1. The second-order valence-corrected chi connectivity index (χ2v) is 4.64. The highest BCUT2D eigenvalue weighted by atomic mass is 16.5. The molecule has 1 aromatic rings. The van der Waals surface area contributed by atoms with Gasteiger partial charge in [-0.05, 0) is 25.7 Å². The van der Waals surface area contributed by atoms with Crippen molar-refractivity contribution in [1.82, 2.24) is 10.1 Å². The van der Waals surface area contributed by atoms with Crippen LogP contribution in [-0.2, 0) is 0 Å². The number of rotatable bonds is 2. The highest BCUT2D eigenvalue weighted by Crippen LogP contribution is 2.34. The third-order valence-corrected chi connectivity index (χ3v) is 3.12. The smallest absolute Gasteiger partial charge is 0.255 e. The van der Waals surface area contributed by atoms with Crippen LogP contribution in [0.4, 0.5) is 0 Å². The van der Waals surface area contributed by atoms with Gasteiger partial charge in [0.15, 0.2) is 5.82 Å². The minimum atomic E-state index is -0.660. The Labute approximate surface area is 89.7 Å². The number of nitrogens with zero attached hydrogens (tertiary/aromatic N) is 2. The fourth-order valence-corrected chi connectivity index (χ4v) is 2.25. The van der Waals surface area contributed by atoms with Crippen LogP contribution in [0.25, 0.3) is 0 Å². The molecular weight excluding hydrogens is 192 g/mol. The fraction of sp³-hybridized carbons (Fsp3) is 0.818. The van der Waals surface area contributed by atoms with Gasteiger partial charge in [-0.3, -0.25) is 0 Å². The lowest BCUT2D eigenvalue weighted by molar-refractivity contribution is 0.151. The van der Waals surface area contributed by atoms with Crippen molar-refractivity contribution in [3.8, 4) is 0 Å². The van der Waals surface area contributed by atoms with E-state index < -0.39 is 6.10 Å². The first-order valence-electron chi connectivity index (χ1n) is 5.68. The molecule has 3 unspecified atom stereocenters. The minimum Gasteiger partial charge on any atom is -0.384 e. The molecule has 0 radical (unpaired) electrons. The van der Waals surface area contributed by atoms with Gasteiger partial charge in [-0.25, -0.2) is 0 Å². The maximum absolute atomic E-state index is 9.29. The standard InChI is InChI=1S/C11H18N2O2/c1-7-4-3-5-9(6-7)10-12-11(8(2)14)15-13-10/h7-9,14H,3-6H2,1-2H3. The van der Waals surface area contributed by atoms with Gasteiger partial charge in [0.1, 0.15) is 6.10 Å². The van der Waals surface area contributed by atoms with E-state index in [1.54, 1.807) is 6.92 Å². The van der Waals surface area contributed by atoms with E-state index in [1.165, 1.54) is 12.8 Å². The van der Waals surface area contributed by atoms with Crippen molar-refractivity contribution in [2.75, 3.05) is 0 Å². The van der Waals surface area contributed by atoms with Crippen LogP contribution in [0.3, 0.4) is 0 Å². The number of aliphatic hydroxyl groups excluding tert-OH is 1. The minimum absolute atomic E-state index is 0.336. The predicted octanol–water partition coefficient (Wildman–Crippen LogP) is 2.42. The molecule has 0 bridgehead atoms. The summed E-state index contributed by atoms with van der Waals surface area (Å²) in [5, 5.41) is 13.2. The molecule has 1 N–H and O–H groups in total. The third-order valence-electron chi connectivity index (χ3n) is 3.12. The lowest BCUT2D eigenvalue weighted by atomic mass is 9.82. The zero-order valence-corrected chi connectivity index (χ0v) is 9.31. The van der Waals surface area contributed by atoms with Gasteiger partial charge >= 0.3 is 0 Å². The van der Waals surface area contributed by atoms with Crippen LogP contribution in [0.15, 0.2) is 4.52 Å². The molecule has 0 saturated heterocycles. The summed E-state index contributed by atoms with van der Waals surface area (Å²) in [5.74, 6) is 2.28. The molecule has 0 aromatic carbocycles. The van der Waals surface area contributed by atoms with Crippen molar-refractivity contribution >= 4 is 0 Å². The largest absolute Gasteiger partial charge is 0.384 e. The average molecular weight is 210 g/mol. The van der Waals surface area contributed by atoms with E-state index in [4.69, 9.17) is 4.52 Å². The number of hydrogen-bond acceptors (Lipinski definition) is 4. The van der Waals surface area contributed by atoms with E-state index in [9.17, 15) is 5.11 Å². The molecule has 1 aromatic heterocycles. The summed E-state index contributed by atoms with van der Waals surface area (Å²) >= 11 is 0. The van der Waals surface area contributed by atoms with Crippen LogP contribution in [0, 0.1) is 5.92 Å². The Hall–Kier alpha value is -0.900. The molecular formula is C11H18N2O2. The topological polar surface area (TPSA) is 59.2 Å². The average Bonchev–Trinajstić information content (AvgIpc) is 2.66. The zero-order valence-electron chi connectivity index (χ0n) is 9.31. The Morgan fingerprint density at radius 1 is 1.47 bits per heavy atom. The van der Waals surface area contributed by atoms with Gasteiger partial charge in [-0.1, -0.05) is 24.9 Å². The highest BCUT2D eigenvalue weighted by molar-refractivity contribution is 4.98. The van der Waals surface area contributed by atoms with E-state index in [0.29, 0.717) is 11.8 Å². The third kappa shape index (κ3) is 2.37. The molecule has 1 heterocycles. The molecule has 2 rings (SSSR count). The Bertz CT molecular complexity index is 322. The van der Waals surface area contributed by atoms with Crippen LogP contribution in [0.5, 0.6) is 0 Å². The lowest BCUT2D eigenvalue weighted by Crippen LogP contribution is -2.12. The highest BCUT2D eigenvalue weighted by Gasteiger charge is 2.25. The van der Waals surface area contributed by atoms with E-state index >= 15 is 0 Å². The SMILES string of the molecule is CC1CCCC(c2noc(C(C)O)n2)C1. The van der Waals surface area contributed by atoms with Gasteiger partial charge in [-0.15, -0.1) is 0 Å². The van der Waals surface area contributed by atoms with Gasteiger partial charge in [0.25, 0.3) is 5.89 Å². The molecule has 15 heavy (non-hydrogen) atoms. The zero-order chi connectivity index (χ0) is 10.8. The van der Waals surface area contributed by atoms with Gasteiger partial charge in [0.2, 0.25) is 0 Å². The molecule has 0 spiro atoms. The quantitative estimate of drug-likeness (QED) is 0.814. The molecule has 0 amide bonds. The van der Waals surface area contributed by atoms with Crippen molar-refractivity contribution in [3.05, 3.63) is 11.7 Å². The summed E-state index contributed by atoms with van der Waals surface area (Å²) in [5.41, 5.74) is 0. The molecule has 0 aliphatic heterocycles. The summed E-state index contributed by atoms with van der Waals surface area (Å²) in [6, 6.07) is 0. The first-order valence-corrected chi connectivity index (χ1v) is 5.68. The van der Waals surface area contributed by atoms with Gasteiger partial charge in [0.05, 0.1) is 0 Å². The van der Waals surface area contributed by atoms with Gasteiger partial charge in [0, 0.05) is 5.92 Å². The van der Waals surface area contributed by atoms with E-state index in [2.05, 4.69) is 17.1 Å². The fourth-order valence-electron chi connectivity index (χ4n) is 2.25. The van der Waals surface area contributed by atoms with E-state index in [-0.39, 0.29) is 0 Å². The first kappa shape index (κ1) is 10.6. The predicted molar refractivity (Wildman–Crippen MR) is 55.3 cm³/mol. The van der Waals surface area contributed by atoms with Crippen LogP contribution < -0.4 is 0 Å². The molecule has 1 fully saturated rings. The Kier molecular flexibility index (Phi) is 3.05.